The first-order chi connectivity index (χ1) is 12.7. The van der Waals surface area contributed by atoms with Crippen molar-refractivity contribution in [2.24, 2.45) is 0 Å². The van der Waals surface area contributed by atoms with E-state index in [1.54, 1.807) is 0 Å². The molecular formula is C13H18N5O7PS. The minimum atomic E-state index is -4.22. The molecule has 1 aliphatic rings. The lowest BCUT2D eigenvalue weighted by Gasteiger charge is -2.23. The number of aromatic nitrogens is 4. The maximum absolute atomic E-state index is 12.0. The zero-order valence-electron chi connectivity index (χ0n) is 13.7. The summed E-state index contributed by atoms with van der Waals surface area (Å²) in [5.41, 5.74) is 5.17. The van der Waals surface area contributed by atoms with Crippen LogP contribution in [0.25, 0.3) is 11.2 Å². The molecular weight excluding hydrogens is 401 g/mol. The predicted molar refractivity (Wildman–Crippen MR) is 98.3 cm³/mol. The number of aromatic amines is 1. The molecule has 14 heteroatoms. The highest BCUT2D eigenvalue weighted by molar-refractivity contribution is 8.16. The first-order valence-corrected chi connectivity index (χ1v) is 10.9. The zero-order chi connectivity index (χ0) is 19.8. The number of hydrogen-bond donors (Lipinski definition) is 7. The molecule has 0 bridgehead atoms. The Morgan fingerprint density at radius 2 is 2.26 bits per heavy atom. The monoisotopic (exact) mass is 419 g/mol. The van der Waals surface area contributed by atoms with Crippen LogP contribution in [0.5, 0.6) is 0 Å². The van der Waals surface area contributed by atoms with Crippen LogP contribution < -0.4 is 11.3 Å². The number of fused-ring (bicyclic) bond motifs is 1. The number of nitrogens with one attached hydrogen (secondary N) is 1. The second-order valence-electron chi connectivity index (χ2n) is 5.65. The number of thiol groups is 1. The van der Waals surface area contributed by atoms with E-state index in [1.807, 2.05) is 0 Å². The van der Waals surface area contributed by atoms with Crippen molar-refractivity contribution < 1.29 is 29.3 Å². The van der Waals surface area contributed by atoms with Crippen molar-refractivity contribution in [1.82, 2.24) is 19.5 Å². The van der Waals surface area contributed by atoms with E-state index >= 15 is 0 Å². The third-order valence-corrected chi connectivity index (χ3v) is 6.80. The quantitative estimate of drug-likeness (QED) is 0.154. The topological polar surface area (TPSA) is 189 Å². The van der Waals surface area contributed by atoms with Gasteiger partial charge in [-0.15, -0.1) is 17.4 Å². The standard InChI is InChI=1S/C13H18N5O7PS/c1-2-3-24-8-9(27-26(21,22)23)6(4-19)25-12(8)18-5-15-7-10(18)16-13(14)17-11(7)20/h1,5-6,8-9,12,19,21-23,27H,3-4H2,(H3,14,16,17,20)/t6-,8+,9+,12-/m1/s1. The molecule has 3 heterocycles. The number of imidazole rings is 1. The Morgan fingerprint density at radius 3 is 2.89 bits per heavy atom. The van der Waals surface area contributed by atoms with Crippen molar-refractivity contribution in [3.8, 4) is 12.3 Å². The molecule has 0 aliphatic carbocycles. The van der Waals surface area contributed by atoms with Crippen molar-refractivity contribution in [3.63, 3.8) is 0 Å². The van der Waals surface area contributed by atoms with E-state index in [0.717, 1.165) is 0 Å². The van der Waals surface area contributed by atoms with Crippen LogP contribution in [0.1, 0.15) is 6.23 Å². The molecule has 1 fully saturated rings. The highest BCUT2D eigenvalue weighted by Gasteiger charge is 2.46. The van der Waals surface area contributed by atoms with E-state index in [9.17, 15) is 24.6 Å². The summed E-state index contributed by atoms with van der Waals surface area (Å²) in [5, 5.41) is 8.80. The lowest BCUT2D eigenvalue weighted by molar-refractivity contribution is -0.0632. The van der Waals surface area contributed by atoms with Crippen LogP contribution in [0.3, 0.4) is 0 Å². The average molecular weight is 419 g/mol. The molecule has 7 N–H and O–H groups in total. The van der Waals surface area contributed by atoms with Crippen LogP contribution in [-0.4, -0.2) is 70.0 Å². The van der Waals surface area contributed by atoms with E-state index < -0.39 is 42.6 Å². The van der Waals surface area contributed by atoms with Gasteiger partial charge in [0.2, 0.25) is 5.95 Å². The Morgan fingerprint density at radius 1 is 1.52 bits per heavy atom. The summed E-state index contributed by atoms with van der Waals surface area (Å²) in [6, 6.07) is 0. The molecule has 0 aromatic carbocycles. The largest absolute Gasteiger partial charge is 0.394 e. The lowest BCUT2D eigenvalue weighted by atomic mass is 10.2. The molecule has 1 saturated heterocycles. The smallest absolute Gasteiger partial charge is 0.280 e. The van der Waals surface area contributed by atoms with Gasteiger partial charge in [-0.2, -0.15) is 4.98 Å². The highest BCUT2D eigenvalue weighted by atomic mass is 32.5. The number of aliphatic hydroxyl groups is 1. The Labute approximate surface area is 155 Å². The summed E-state index contributed by atoms with van der Waals surface area (Å²) in [5.74, 6) is 2.16. The van der Waals surface area contributed by atoms with Crippen molar-refractivity contribution in [2.75, 3.05) is 18.9 Å². The van der Waals surface area contributed by atoms with E-state index in [1.165, 1.54) is 10.9 Å². The first kappa shape index (κ1) is 20.0. The number of hydrogen-bond acceptors (Lipinski definition) is 7. The Hall–Kier alpha value is -1.75. The number of terminal acetylenes is 1. The minimum Gasteiger partial charge on any atom is -0.394 e. The average Bonchev–Trinajstić information content (AvgIpc) is 3.13. The molecule has 0 saturated carbocycles. The SMILES string of the molecule is C#CCO[C@H]1[C@@H]([SH]=P(O)(O)O)[C@@H](CO)O[C@H]1n1cnc2c(=O)[nH]c(N)nc21. The fraction of sp³-hybridized carbons (Fsp3) is 0.462. The highest BCUT2D eigenvalue weighted by Crippen LogP contribution is 2.40. The molecule has 4 atom stereocenters. The second kappa shape index (κ2) is 7.70. The van der Waals surface area contributed by atoms with Gasteiger partial charge in [0.25, 0.3) is 12.3 Å². The maximum atomic E-state index is 12.0. The summed E-state index contributed by atoms with van der Waals surface area (Å²) < 4.78 is 12.8. The van der Waals surface area contributed by atoms with E-state index in [0.29, 0.717) is 0 Å². The van der Waals surface area contributed by atoms with Gasteiger partial charge >= 0.3 is 0 Å². The van der Waals surface area contributed by atoms with Gasteiger partial charge in [0.15, 0.2) is 17.4 Å². The number of H-pyrrole nitrogens is 1. The normalized spacial score (nSPS) is 25.7. The van der Waals surface area contributed by atoms with Gasteiger partial charge in [-0.1, -0.05) is 5.92 Å². The Bertz CT molecular complexity index is 987. The molecule has 2 aromatic heterocycles. The van der Waals surface area contributed by atoms with E-state index in [2.05, 4.69) is 20.9 Å². The molecule has 0 unspecified atom stereocenters. The number of nitrogens with zero attached hydrogens (tertiary/aromatic N) is 3. The van der Waals surface area contributed by atoms with Crippen LogP contribution >= 0.6 is 6.72 Å². The van der Waals surface area contributed by atoms with Gasteiger partial charge in [0.1, 0.15) is 12.7 Å². The van der Waals surface area contributed by atoms with Gasteiger partial charge in [0.05, 0.1) is 24.3 Å². The molecule has 2 aromatic rings. The fourth-order valence-corrected chi connectivity index (χ4v) is 5.82. The molecule has 0 amide bonds. The molecule has 0 spiro atoms. The van der Waals surface area contributed by atoms with Gasteiger partial charge in [-0.3, -0.25) is 14.3 Å². The summed E-state index contributed by atoms with van der Waals surface area (Å²) in [6.07, 6.45) is 3.77. The number of ether oxygens (including phenoxy) is 2. The van der Waals surface area contributed by atoms with Crippen molar-refractivity contribution in [3.05, 3.63) is 16.7 Å². The molecule has 148 valence electrons. The van der Waals surface area contributed by atoms with Crippen LogP contribution in [0.15, 0.2) is 11.1 Å². The molecule has 3 rings (SSSR count). The summed E-state index contributed by atoms with van der Waals surface area (Å²) in [6.45, 7) is -4.83. The minimum absolute atomic E-state index is 0.0124. The van der Waals surface area contributed by atoms with Gasteiger partial charge in [-0.25, -0.2) is 4.98 Å². The fourth-order valence-electron chi connectivity index (χ4n) is 2.87. The Balaban J connectivity index is 2.11. The zero-order valence-corrected chi connectivity index (χ0v) is 15.5. The number of anilines is 1. The van der Waals surface area contributed by atoms with Gasteiger partial charge in [-0.05, 0) is 0 Å². The first-order valence-electron chi connectivity index (χ1n) is 7.58. The van der Waals surface area contributed by atoms with Crippen molar-refractivity contribution in [1.29, 1.82) is 0 Å². The third-order valence-electron chi connectivity index (χ3n) is 3.86. The van der Waals surface area contributed by atoms with Crippen molar-refractivity contribution in [2.45, 2.75) is 23.7 Å². The van der Waals surface area contributed by atoms with E-state index in [-0.39, 0.29) is 34.7 Å². The van der Waals surface area contributed by atoms with Crippen LogP contribution in [0.4, 0.5) is 5.95 Å². The molecule has 12 nitrogen and oxygen atoms in total. The number of aliphatic hydroxyl groups excluding tert-OH is 1. The summed E-state index contributed by atoms with van der Waals surface area (Å²) in [4.78, 5) is 50.8. The predicted octanol–water partition coefficient (Wildman–Crippen LogP) is -2.55. The summed E-state index contributed by atoms with van der Waals surface area (Å²) in [7, 11) is -0.170. The van der Waals surface area contributed by atoms with Gasteiger partial charge in [0, 0.05) is 0 Å². The van der Waals surface area contributed by atoms with E-state index in [4.69, 9.17) is 21.6 Å². The van der Waals surface area contributed by atoms with Crippen molar-refractivity contribution >= 4 is 34.8 Å². The molecule has 27 heavy (non-hydrogen) atoms. The summed E-state index contributed by atoms with van der Waals surface area (Å²) >= 11 is 0. The Kier molecular flexibility index (Phi) is 5.71. The number of nitrogen functional groups attached to an aromatic ring is 1. The molecule has 1 aliphatic heterocycles. The molecule has 0 radical (unpaired) electrons. The lowest BCUT2D eigenvalue weighted by Crippen LogP contribution is -2.35. The number of nitrogens with two attached hydrogens (primary N) is 1. The maximum Gasteiger partial charge on any atom is 0.280 e. The third kappa shape index (κ3) is 4.08. The second-order valence-corrected chi connectivity index (χ2v) is 9.85. The van der Waals surface area contributed by atoms with Gasteiger partial charge < -0.3 is 35.0 Å². The number of rotatable bonds is 5. The van der Waals surface area contributed by atoms with Crippen LogP contribution in [-0.2, 0) is 20.4 Å². The van der Waals surface area contributed by atoms with Crippen LogP contribution in [0.2, 0.25) is 0 Å². The van der Waals surface area contributed by atoms with Crippen LogP contribution in [0, 0.1) is 12.3 Å².